The van der Waals surface area contributed by atoms with E-state index in [1.54, 1.807) is 38.4 Å². The van der Waals surface area contributed by atoms with Gasteiger partial charge in [-0.2, -0.15) is 0 Å². The van der Waals surface area contributed by atoms with Crippen LogP contribution in [0.3, 0.4) is 0 Å². The molecule has 0 bridgehead atoms. The van der Waals surface area contributed by atoms with Crippen LogP contribution in [0, 0.1) is 6.92 Å². The molecule has 1 amide bonds. The molecule has 15 heteroatoms. The van der Waals surface area contributed by atoms with Gasteiger partial charge in [0.15, 0.2) is 5.94 Å². The Hall–Kier alpha value is -5.14. The van der Waals surface area contributed by atoms with Gasteiger partial charge in [-0.15, -0.1) is 11.3 Å². The third-order valence-corrected chi connectivity index (χ3v) is 10.3. The fourth-order valence-corrected chi connectivity index (χ4v) is 7.79. The first-order chi connectivity index (χ1) is 25.7. The van der Waals surface area contributed by atoms with E-state index < -0.39 is 17.7 Å². The summed E-state index contributed by atoms with van der Waals surface area (Å²) in [5.74, 6) is 3.23. The fourth-order valence-electron chi connectivity index (χ4n) is 6.61. The molecule has 1 N–H and O–H groups in total. The van der Waals surface area contributed by atoms with Crippen molar-refractivity contribution in [3.05, 3.63) is 80.8 Å². The highest BCUT2D eigenvalue weighted by molar-refractivity contribution is 7.18. The van der Waals surface area contributed by atoms with Crippen LogP contribution in [-0.2, 0) is 20.8 Å². The number of benzene rings is 1. The molecule has 0 spiro atoms. The van der Waals surface area contributed by atoms with E-state index in [4.69, 9.17) is 30.8 Å². The smallest absolute Gasteiger partial charge is 0.414 e. The zero-order valence-electron chi connectivity index (χ0n) is 31.3. The average molecular weight is 772 g/mol. The van der Waals surface area contributed by atoms with Crippen molar-refractivity contribution < 1.29 is 28.6 Å². The number of nitrogens with one attached hydrogen (secondary N) is 1. The number of aryl methyl sites for hydroxylation is 1. The number of carbonyl (C=O) groups excluding carboxylic acids is 3. The van der Waals surface area contributed by atoms with Crippen molar-refractivity contribution in [1.82, 2.24) is 24.8 Å². The maximum atomic E-state index is 12.6. The molecule has 2 aliphatic rings. The number of hydrogen-bond donors (Lipinski definition) is 1. The van der Waals surface area contributed by atoms with Crippen molar-refractivity contribution in [1.29, 1.82) is 0 Å². The van der Waals surface area contributed by atoms with Crippen LogP contribution in [-0.4, -0.2) is 87.5 Å². The van der Waals surface area contributed by atoms with Gasteiger partial charge in [0, 0.05) is 57.3 Å². The maximum absolute atomic E-state index is 12.6. The lowest BCUT2D eigenvalue weighted by atomic mass is 9.88. The Labute approximate surface area is 322 Å². The number of methoxy groups -OCH3 is 1. The number of allylic oxidation sites excluding steroid dienone is 2. The van der Waals surface area contributed by atoms with Gasteiger partial charge < -0.3 is 19.1 Å². The van der Waals surface area contributed by atoms with Gasteiger partial charge in [-0.3, -0.25) is 15.2 Å². The molecule has 54 heavy (non-hydrogen) atoms. The van der Waals surface area contributed by atoms with Crippen molar-refractivity contribution in [2.75, 3.05) is 32.6 Å². The maximum Gasteiger partial charge on any atom is 0.414 e. The number of anilines is 1. The van der Waals surface area contributed by atoms with E-state index >= 15 is 0 Å². The van der Waals surface area contributed by atoms with E-state index in [1.165, 1.54) is 18.4 Å². The van der Waals surface area contributed by atoms with Crippen molar-refractivity contribution in [3.8, 4) is 16.9 Å². The Balaban J connectivity index is 1.14. The number of aliphatic imine (C=N–C) groups is 1. The molecule has 4 heterocycles. The molecule has 1 aliphatic carbocycles. The number of hydrogen-bond acceptors (Lipinski definition) is 13. The van der Waals surface area contributed by atoms with E-state index in [0.29, 0.717) is 59.3 Å². The van der Waals surface area contributed by atoms with E-state index in [1.807, 2.05) is 50.1 Å². The second kappa shape index (κ2) is 16.1. The van der Waals surface area contributed by atoms with Crippen LogP contribution in [0.25, 0.3) is 21.3 Å². The van der Waals surface area contributed by atoms with Crippen LogP contribution in [0.4, 0.5) is 10.7 Å². The predicted molar refractivity (Wildman–Crippen MR) is 209 cm³/mol. The van der Waals surface area contributed by atoms with Gasteiger partial charge in [-0.1, -0.05) is 11.6 Å². The lowest BCUT2D eigenvalue weighted by molar-refractivity contribution is 0.0600. The molecule has 3 aromatic heterocycles. The summed E-state index contributed by atoms with van der Waals surface area (Å²) in [5, 5.41) is 4.88. The summed E-state index contributed by atoms with van der Waals surface area (Å²) < 4.78 is 17.5. The number of halogens is 1. The Bertz CT molecular complexity index is 2220. The second-order valence-corrected chi connectivity index (χ2v) is 15.4. The minimum absolute atomic E-state index is 0.102. The van der Waals surface area contributed by atoms with Crippen LogP contribution in [0.1, 0.15) is 68.7 Å². The van der Waals surface area contributed by atoms with E-state index in [2.05, 4.69) is 31.1 Å². The van der Waals surface area contributed by atoms with E-state index in [0.717, 1.165) is 44.9 Å². The van der Waals surface area contributed by atoms with Gasteiger partial charge in [0.1, 0.15) is 29.5 Å². The largest absolute Gasteiger partial charge is 0.491 e. The first-order valence-electron chi connectivity index (χ1n) is 17.5. The highest BCUT2D eigenvalue weighted by Gasteiger charge is 2.33. The average Bonchev–Trinajstić information content (AvgIpc) is 3.54. The molecular weight excluding hydrogens is 730 g/mol. The van der Waals surface area contributed by atoms with E-state index in [9.17, 15) is 14.4 Å². The van der Waals surface area contributed by atoms with Crippen molar-refractivity contribution in [2.24, 2.45) is 4.99 Å². The lowest BCUT2D eigenvalue weighted by Crippen LogP contribution is -2.40. The van der Waals surface area contributed by atoms with Crippen LogP contribution in [0.15, 0.2) is 63.9 Å². The number of fused-ring (bicyclic) bond motifs is 1. The van der Waals surface area contributed by atoms with Crippen molar-refractivity contribution >= 4 is 62.9 Å². The Morgan fingerprint density at radius 3 is 2.69 bits per heavy atom. The van der Waals surface area contributed by atoms with Gasteiger partial charge in [-0.05, 0) is 91.3 Å². The summed E-state index contributed by atoms with van der Waals surface area (Å²) >= 11 is 7.89. The highest BCUT2D eigenvalue weighted by Crippen LogP contribution is 2.41. The number of amidine groups is 1. The second-order valence-electron chi connectivity index (χ2n) is 14.1. The molecule has 282 valence electrons. The number of thiophene rings is 1. The highest BCUT2D eigenvalue weighted by atomic mass is 35.5. The summed E-state index contributed by atoms with van der Waals surface area (Å²) in [7, 11) is 3.36. The number of carbonyl (C=O) groups is 2. The van der Waals surface area contributed by atoms with Crippen LogP contribution >= 0.6 is 22.9 Å². The van der Waals surface area contributed by atoms with Crippen molar-refractivity contribution in [2.45, 2.75) is 72.1 Å². The van der Waals surface area contributed by atoms with Gasteiger partial charge in [0.25, 0.3) is 0 Å². The van der Waals surface area contributed by atoms with Crippen LogP contribution in [0.2, 0.25) is 5.02 Å². The molecule has 0 saturated heterocycles. The van der Waals surface area contributed by atoms with Crippen molar-refractivity contribution in [3.63, 3.8) is 0 Å². The molecule has 1 unspecified atom stereocenters. The normalized spacial score (nSPS) is 15.9. The topological polar surface area (TPSA) is 148 Å². The number of amides is 1. The molecule has 4 aromatic rings. The first kappa shape index (κ1) is 38.6. The number of ether oxygens (including phenoxy) is 3. The van der Waals surface area contributed by atoms with Gasteiger partial charge >= 0.3 is 12.1 Å². The van der Waals surface area contributed by atoms with E-state index in [-0.39, 0.29) is 18.6 Å². The predicted octanol–water partition coefficient (Wildman–Crippen LogP) is 7.62. The molecule has 1 aliphatic heterocycles. The third kappa shape index (κ3) is 8.63. The Morgan fingerprint density at radius 2 is 1.94 bits per heavy atom. The Morgan fingerprint density at radius 1 is 1.15 bits per heavy atom. The van der Waals surface area contributed by atoms with Crippen LogP contribution in [0.5, 0.6) is 5.75 Å². The van der Waals surface area contributed by atoms with Crippen LogP contribution < -0.4 is 10.1 Å². The molecule has 1 aromatic carbocycles. The molecule has 6 rings (SSSR count). The molecule has 0 fully saturated rings. The summed E-state index contributed by atoms with van der Waals surface area (Å²) in [5.41, 5.74) is 5.60. The van der Waals surface area contributed by atoms with Gasteiger partial charge in [0.05, 0.1) is 35.1 Å². The molecule has 1 atom stereocenters. The zero-order chi connectivity index (χ0) is 38.7. The number of nitrogens with zero attached hydrogens (tertiary/aromatic N) is 6. The SMILES string of the molecule is COC(=O)c1csc2c(-c3cc(Cl)ccc3OCCN3C(=C=O)C4=C(CCC(N(C)Cc5ccnc(NC(=O)OC(C)(C)C)n5)C4)N=C3C)cc(C)nc12. The zero-order valence-corrected chi connectivity index (χ0v) is 32.9. The lowest BCUT2D eigenvalue weighted by Gasteiger charge is -2.38. The molecule has 0 saturated carbocycles. The standard InChI is InChI=1S/C39H42ClN7O6S/c1-22-16-28(35-34(42-22)30(21-54-35)36(49)51-7)27-17-24(40)8-11-33(27)52-15-14-47-23(2)43-31-10-9-26(18-29(31)32(47)20-48)46(6)19-25-12-13-41-37(44-25)45-38(50)53-39(3,4)5/h8,11-13,16-17,21,26H,9-10,14-15,18-19H2,1-7H3,(H,41,44,45,50). The minimum Gasteiger partial charge on any atom is -0.491 e. The summed E-state index contributed by atoms with van der Waals surface area (Å²) in [6.45, 7) is 10.2. The molecule has 13 nitrogen and oxygen atoms in total. The summed E-state index contributed by atoms with van der Waals surface area (Å²) in [6.07, 6.45) is 3.14. The van der Waals surface area contributed by atoms with Gasteiger partial charge in [0.2, 0.25) is 5.95 Å². The number of aromatic nitrogens is 3. The molecule has 0 radical (unpaired) electrons. The minimum atomic E-state index is -0.646. The monoisotopic (exact) mass is 771 g/mol. The Kier molecular flexibility index (Phi) is 11.5. The number of pyridine rings is 1. The number of esters is 1. The summed E-state index contributed by atoms with van der Waals surface area (Å²) in [4.78, 5) is 59.6. The third-order valence-electron chi connectivity index (χ3n) is 9.06. The fraction of sp³-hybridized carbons (Fsp3) is 0.385. The molecular formula is C39H42ClN7O6S. The van der Waals surface area contributed by atoms with Gasteiger partial charge in [-0.25, -0.2) is 29.3 Å². The quantitative estimate of drug-likeness (QED) is 0.125. The number of rotatable bonds is 10. The first-order valence-corrected chi connectivity index (χ1v) is 18.7. The summed E-state index contributed by atoms with van der Waals surface area (Å²) in [6, 6.07) is 9.27.